The van der Waals surface area contributed by atoms with Gasteiger partial charge in [0.1, 0.15) is 12.1 Å². The van der Waals surface area contributed by atoms with Crippen molar-refractivity contribution in [2.75, 3.05) is 6.54 Å². The van der Waals surface area contributed by atoms with E-state index in [-0.39, 0.29) is 23.9 Å². The fraction of sp³-hybridized carbons (Fsp3) is 0.857. The van der Waals surface area contributed by atoms with Crippen LogP contribution in [-0.4, -0.2) is 35.3 Å². The van der Waals surface area contributed by atoms with E-state index in [9.17, 15) is 9.59 Å². The van der Waals surface area contributed by atoms with Crippen LogP contribution in [0.4, 0.5) is 0 Å². The summed E-state index contributed by atoms with van der Waals surface area (Å²) in [7, 11) is 0. The van der Waals surface area contributed by atoms with E-state index in [1.165, 1.54) is 19.3 Å². The Morgan fingerprint density at radius 2 is 1.83 bits per heavy atom. The summed E-state index contributed by atoms with van der Waals surface area (Å²) in [5.74, 6) is 0.521. The zero-order valence-corrected chi connectivity index (χ0v) is 11.4. The van der Waals surface area contributed by atoms with E-state index >= 15 is 0 Å². The minimum Gasteiger partial charge on any atom is -0.342 e. The Morgan fingerprint density at radius 1 is 1.17 bits per heavy atom. The summed E-state index contributed by atoms with van der Waals surface area (Å²) < 4.78 is 0. The number of carbonyl (C=O) groups is 2. The lowest BCUT2D eigenvalue weighted by Crippen LogP contribution is -2.65. The topological polar surface area (TPSA) is 49.4 Å². The summed E-state index contributed by atoms with van der Waals surface area (Å²) in [6, 6.07) is -0.525. The van der Waals surface area contributed by atoms with Crippen molar-refractivity contribution >= 4 is 11.8 Å². The van der Waals surface area contributed by atoms with Crippen LogP contribution in [-0.2, 0) is 9.59 Å². The van der Waals surface area contributed by atoms with Gasteiger partial charge in [0, 0.05) is 6.54 Å². The molecule has 1 aliphatic carbocycles. The molecule has 2 rings (SSSR count). The third kappa shape index (κ3) is 2.38. The summed E-state index contributed by atoms with van der Waals surface area (Å²) in [4.78, 5) is 26.3. The minimum atomic E-state index is -0.263. The van der Waals surface area contributed by atoms with Crippen LogP contribution in [0.15, 0.2) is 0 Å². The van der Waals surface area contributed by atoms with Crippen molar-refractivity contribution in [3.8, 4) is 0 Å². The highest BCUT2D eigenvalue weighted by Crippen LogP contribution is 2.29. The summed E-state index contributed by atoms with van der Waals surface area (Å²) in [5.41, 5.74) is 0. The summed E-state index contributed by atoms with van der Waals surface area (Å²) in [5, 5.41) is 2.97. The predicted molar refractivity (Wildman–Crippen MR) is 70.0 cm³/mol. The molecule has 0 aromatic rings. The molecular formula is C14H24N2O2. The standard InChI is InChI=1S/C14H24N2O2/c1-3-11-13(17)15-12(14(18)16(11)4-2)10-8-6-5-7-9-10/h10-12H,3-9H2,1-2H3,(H,15,17). The molecule has 1 heterocycles. The highest BCUT2D eigenvalue weighted by Gasteiger charge is 2.42. The van der Waals surface area contributed by atoms with Crippen LogP contribution in [0.3, 0.4) is 0 Å². The highest BCUT2D eigenvalue weighted by atomic mass is 16.2. The molecule has 18 heavy (non-hydrogen) atoms. The molecule has 0 radical (unpaired) electrons. The van der Waals surface area contributed by atoms with Gasteiger partial charge in [-0.05, 0) is 32.1 Å². The number of piperazine rings is 1. The molecule has 0 spiro atoms. The van der Waals surface area contributed by atoms with Gasteiger partial charge < -0.3 is 10.2 Å². The van der Waals surface area contributed by atoms with Crippen molar-refractivity contribution < 1.29 is 9.59 Å². The Labute approximate surface area is 109 Å². The van der Waals surface area contributed by atoms with E-state index in [2.05, 4.69) is 5.32 Å². The Morgan fingerprint density at radius 3 is 2.39 bits per heavy atom. The number of hydrogen-bond acceptors (Lipinski definition) is 2. The van der Waals surface area contributed by atoms with Crippen LogP contribution in [0.1, 0.15) is 52.4 Å². The molecule has 0 bridgehead atoms. The first-order valence-corrected chi connectivity index (χ1v) is 7.29. The van der Waals surface area contributed by atoms with Crippen molar-refractivity contribution in [2.45, 2.75) is 64.5 Å². The Balaban J connectivity index is 2.12. The van der Waals surface area contributed by atoms with Gasteiger partial charge in [0.05, 0.1) is 0 Å². The lowest BCUT2D eigenvalue weighted by molar-refractivity contribution is -0.151. The number of hydrogen-bond donors (Lipinski definition) is 1. The van der Waals surface area contributed by atoms with E-state index < -0.39 is 0 Å². The minimum absolute atomic E-state index is 0.0366. The summed E-state index contributed by atoms with van der Waals surface area (Å²) >= 11 is 0. The smallest absolute Gasteiger partial charge is 0.246 e. The van der Waals surface area contributed by atoms with Crippen LogP contribution in [0.5, 0.6) is 0 Å². The maximum absolute atomic E-state index is 12.5. The molecule has 102 valence electrons. The van der Waals surface area contributed by atoms with Gasteiger partial charge in [-0.3, -0.25) is 9.59 Å². The molecule has 2 unspecified atom stereocenters. The molecular weight excluding hydrogens is 228 g/mol. The zero-order valence-electron chi connectivity index (χ0n) is 11.4. The number of likely N-dealkylation sites (N-methyl/N-ethyl adjacent to an activating group) is 1. The average molecular weight is 252 g/mol. The van der Waals surface area contributed by atoms with E-state index in [0.29, 0.717) is 18.9 Å². The normalized spacial score (nSPS) is 30.4. The molecule has 2 atom stereocenters. The second-order valence-corrected chi connectivity index (χ2v) is 5.43. The predicted octanol–water partition coefficient (Wildman–Crippen LogP) is 1.69. The van der Waals surface area contributed by atoms with Crippen LogP contribution in [0, 0.1) is 5.92 Å². The van der Waals surface area contributed by atoms with Crippen LogP contribution in [0.25, 0.3) is 0 Å². The van der Waals surface area contributed by atoms with Gasteiger partial charge in [0.25, 0.3) is 0 Å². The monoisotopic (exact) mass is 252 g/mol. The Hall–Kier alpha value is -1.06. The maximum atomic E-state index is 12.5. The van der Waals surface area contributed by atoms with Crippen LogP contribution < -0.4 is 5.32 Å². The van der Waals surface area contributed by atoms with Gasteiger partial charge in [-0.25, -0.2) is 0 Å². The molecule has 1 saturated carbocycles. The quantitative estimate of drug-likeness (QED) is 0.831. The molecule has 4 heteroatoms. The third-order valence-electron chi connectivity index (χ3n) is 4.37. The lowest BCUT2D eigenvalue weighted by atomic mass is 9.82. The van der Waals surface area contributed by atoms with Gasteiger partial charge in [-0.15, -0.1) is 0 Å². The fourth-order valence-electron chi connectivity index (χ4n) is 3.35. The van der Waals surface area contributed by atoms with E-state index in [1.54, 1.807) is 4.90 Å². The van der Waals surface area contributed by atoms with Gasteiger partial charge in [0.15, 0.2) is 0 Å². The van der Waals surface area contributed by atoms with Crippen molar-refractivity contribution in [3.63, 3.8) is 0 Å². The maximum Gasteiger partial charge on any atom is 0.246 e. The van der Waals surface area contributed by atoms with Crippen molar-refractivity contribution in [3.05, 3.63) is 0 Å². The largest absolute Gasteiger partial charge is 0.342 e. The van der Waals surface area contributed by atoms with Crippen LogP contribution in [0.2, 0.25) is 0 Å². The van der Waals surface area contributed by atoms with Crippen molar-refractivity contribution in [2.24, 2.45) is 5.92 Å². The number of nitrogens with one attached hydrogen (secondary N) is 1. The SMILES string of the molecule is CCC1C(=O)NC(C2CCCCC2)C(=O)N1CC. The van der Waals surface area contributed by atoms with E-state index in [0.717, 1.165) is 12.8 Å². The molecule has 2 amide bonds. The number of nitrogens with zero attached hydrogens (tertiary/aromatic N) is 1. The first-order chi connectivity index (χ1) is 8.69. The van der Waals surface area contributed by atoms with Gasteiger partial charge in [-0.2, -0.15) is 0 Å². The first kappa shape index (κ1) is 13.4. The second-order valence-electron chi connectivity index (χ2n) is 5.43. The number of amides is 2. The van der Waals surface area contributed by atoms with Crippen molar-refractivity contribution in [1.82, 2.24) is 10.2 Å². The zero-order chi connectivity index (χ0) is 13.1. The van der Waals surface area contributed by atoms with E-state index in [1.807, 2.05) is 13.8 Å². The fourth-order valence-corrected chi connectivity index (χ4v) is 3.35. The van der Waals surface area contributed by atoms with Gasteiger partial charge >= 0.3 is 0 Å². The van der Waals surface area contributed by atoms with Crippen LogP contribution >= 0.6 is 0 Å². The third-order valence-corrected chi connectivity index (χ3v) is 4.37. The van der Waals surface area contributed by atoms with Crippen molar-refractivity contribution in [1.29, 1.82) is 0 Å². The van der Waals surface area contributed by atoms with Gasteiger partial charge in [-0.1, -0.05) is 26.2 Å². The molecule has 2 fully saturated rings. The Kier molecular flexibility index (Phi) is 4.25. The molecule has 1 N–H and O–H groups in total. The first-order valence-electron chi connectivity index (χ1n) is 7.29. The lowest BCUT2D eigenvalue weighted by Gasteiger charge is -2.41. The number of carbonyl (C=O) groups excluding carboxylic acids is 2. The molecule has 2 aliphatic rings. The van der Waals surface area contributed by atoms with Gasteiger partial charge in [0.2, 0.25) is 11.8 Å². The molecule has 0 aromatic heterocycles. The van der Waals surface area contributed by atoms with E-state index in [4.69, 9.17) is 0 Å². The number of rotatable bonds is 3. The molecule has 1 aliphatic heterocycles. The summed E-state index contributed by atoms with van der Waals surface area (Å²) in [6.07, 6.45) is 6.49. The molecule has 0 aromatic carbocycles. The summed E-state index contributed by atoms with van der Waals surface area (Å²) in [6.45, 7) is 4.55. The molecule has 1 saturated heterocycles. The molecule has 4 nitrogen and oxygen atoms in total. The average Bonchev–Trinajstić information content (AvgIpc) is 2.41. The Bertz CT molecular complexity index is 324. The highest BCUT2D eigenvalue weighted by molar-refractivity contribution is 5.97. The second kappa shape index (κ2) is 5.72.